The Morgan fingerprint density at radius 1 is 1.10 bits per heavy atom. The average molecular weight is 272 g/mol. The minimum atomic E-state index is -0.410. The number of hydrogen-bond acceptors (Lipinski definition) is 2. The zero-order valence-electron chi connectivity index (χ0n) is 13.1. The molecule has 0 fully saturated rings. The van der Waals surface area contributed by atoms with Gasteiger partial charge in [-0.25, -0.2) is 0 Å². The number of rotatable bonds is 4. The van der Waals surface area contributed by atoms with E-state index in [2.05, 4.69) is 44.1 Å². The molecule has 1 aromatic heterocycles. The predicted octanol–water partition coefficient (Wildman–Crippen LogP) is 3.32. The molecule has 0 saturated heterocycles. The van der Waals surface area contributed by atoms with E-state index >= 15 is 0 Å². The summed E-state index contributed by atoms with van der Waals surface area (Å²) in [6.45, 7) is 8.25. The molecule has 3 heteroatoms. The van der Waals surface area contributed by atoms with Gasteiger partial charge in [0.15, 0.2) is 0 Å². The molecule has 108 valence electrons. The SMILES string of the molecule is Cc1cc(C)cc(C(O)CCc2c(C)nn(C)c2C)c1. The van der Waals surface area contributed by atoms with Gasteiger partial charge in [-0.2, -0.15) is 5.10 Å². The Labute approximate surface area is 121 Å². The highest BCUT2D eigenvalue weighted by atomic mass is 16.3. The summed E-state index contributed by atoms with van der Waals surface area (Å²) in [6.07, 6.45) is 1.18. The summed E-state index contributed by atoms with van der Waals surface area (Å²) in [4.78, 5) is 0. The van der Waals surface area contributed by atoms with Gasteiger partial charge in [0, 0.05) is 12.7 Å². The van der Waals surface area contributed by atoms with Crippen LogP contribution in [0.2, 0.25) is 0 Å². The normalized spacial score (nSPS) is 12.7. The number of hydrogen-bond donors (Lipinski definition) is 1. The minimum Gasteiger partial charge on any atom is -0.388 e. The second kappa shape index (κ2) is 5.80. The summed E-state index contributed by atoms with van der Waals surface area (Å²) in [5.41, 5.74) is 6.94. The smallest absolute Gasteiger partial charge is 0.0793 e. The van der Waals surface area contributed by atoms with Gasteiger partial charge in [0.2, 0.25) is 0 Å². The molecule has 0 aliphatic rings. The first-order valence-electron chi connectivity index (χ1n) is 7.14. The molecule has 0 amide bonds. The van der Waals surface area contributed by atoms with Crippen LogP contribution in [0.3, 0.4) is 0 Å². The van der Waals surface area contributed by atoms with E-state index in [9.17, 15) is 5.11 Å². The van der Waals surface area contributed by atoms with Crippen LogP contribution in [-0.2, 0) is 13.5 Å². The van der Waals surface area contributed by atoms with Crippen molar-refractivity contribution in [3.63, 3.8) is 0 Å². The summed E-state index contributed by atoms with van der Waals surface area (Å²) >= 11 is 0. The molecule has 1 aromatic carbocycles. The van der Waals surface area contributed by atoms with Gasteiger partial charge in [0.05, 0.1) is 11.8 Å². The average Bonchev–Trinajstić information content (AvgIpc) is 2.60. The Bertz CT molecular complexity index is 593. The summed E-state index contributed by atoms with van der Waals surface area (Å²) in [5.74, 6) is 0. The molecule has 0 saturated carbocycles. The lowest BCUT2D eigenvalue weighted by atomic mass is 9.97. The van der Waals surface area contributed by atoms with Gasteiger partial charge in [-0.3, -0.25) is 4.68 Å². The van der Waals surface area contributed by atoms with E-state index in [0.717, 1.165) is 24.1 Å². The van der Waals surface area contributed by atoms with Crippen LogP contribution in [0.4, 0.5) is 0 Å². The highest BCUT2D eigenvalue weighted by Gasteiger charge is 2.13. The van der Waals surface area contributed by atoms with Crippen LogP contribution in [0.5, 0.6) is 0 Å². The topological polar surface area (TPSA) is 38.1 Å². The van der Waals surface area contributed by atoms with Crippen molar-refractivity contribution < 1.29 is 5.11 Å². The predicted molar refractivity (Wildman–Crippen MR) is 81.9 cm³/mol. The molecule has 1 unspecified atom stereocenters. The lowest BCUT2D eigenvalue weighted by Crippen LogP contribution is -2.02. The largest absolute Gasteiger partial charge is 0.388 e. The third-order valence-electron chi connectivity index (χ3n) is 3.96. The lowest BCUT2D eigenvalue weighted by Gasteiger charge is -2.13. The molecule has 0 aliphatic carbocycles. The van der Waals surface area contributed by atoms with Crippen molar-refractivity contribution in [3.8, 4) is 0 Å². The Morgan fingerprint density at radius 3 is 2.20 bits per heavy atom. The summed E-state index contributed by atoms with van der Waals surface area (Å²) in [7, 11) is 1.96. The highest BCUT2D eigenvalue weighted by molar-refractivity contribution is 5.30. The molecular weight excluding hydrogens is 248 g/mol. The molecule has 1 heterocycles. The van der Waals surface area contributed by atoms with E-state index < -0.39 is 6.10 Å². The van der Waals surface area contributed by atoms with Crippen LogP contribution in [0.15, 0.2) is 18.2 Å². The summed E-state index contributed by atoms with van der Waals surface area (Å²) < 4.78 is 1.91. The Morgan fingerprint density at radius 2 is 1.70 bits per heavy atom. The van der Waals surface area contributed by atoms with Crippen LogP contribution in [0.1, 0.15) is 46.2 Å². The minimum absolute atomic E-state index is 0.410. The van der Waals surface area contributed by atoms with Gasteiger partial charge in [0.25, 0.3) is 0 Å². The zero-order chi connectivity index (χ0) is 14.9. The summed E-state index contributed by atoms with van der Waals surface area (Å²) in [5, 5.41) is 14.8. The van der Waals surface area contributed by atoms with E-state index in [1.54, 1.807) is 0 Å². The molecule has 0 radical (unpaired) electrons. The van der Waals surface area contributed by atoms with E-state index in [1.807, 2.05) is 18.7 Å². The second-order valence-electron chi connectivity index (χ2n) is 5.75. The molecule has 2 aromatic rings. The first-order valence-corrected chi connectivity index (χ1v) is 7.14. The van der Waals surface area contributed by atoms with Crippen molar-refractivity contribution in [2.75, 3.05) is 0 Å². The zero-order valence-corrected chi connectivity index (χ0v) is 13.1. The van der Waals surface area contributed by atoms with Crippen molar-refractivity contribution in [2.24, 2.45) is 7.05 Å². The second-order valence-corrected chi connectivity index (χ2v) is 5.75. The van der Waals surface area contributed by atoms with Gasteiger partial charge in [0.1, 0.15) is 0 Å². The molecule has 1 N–H and O–H groups in total. The molecule has 0 spiro atoms. The van der Waals surface area contributed by atoms with E-state index in [4.69, 9.17) is 0 Å². The molecule has 3 nitrogen and oxygen atoms in total. The quantitative estimate of drug-likeness (QED) is 0.927. The van der Waals surface area contributed by atoms with Crippen LogP contribution in [0.25, 0.3) is 0 Å². The first kappa shape index (κ1) is 14.8. The monoisotopic (exact) mass is 272 g/mol. The third-order valence-corrected chi connectivity index (χ3v) is 3.96. The molecular formula is C17H24N2O. The van der Waals surface area contributed by atoms with Gasteiger partial charge in [-0.1, -0.05) is 29.3 Å². The fourth-order valence-corrected chi connectivity index (χ4v) is 2.83. The van der Waals surface area contributed by atoms with Crippen LogP contribution in [0, 0.1) is 27.7 Å². The lowest BCUT2D eigenvalue weighted by molar-refractivity contribution is 0.167. The maximum atomic E-state index is 10.4. The Kier molecular flexibility index (Phi) is 4.29. The standard InChI is InChI=1S/C17H24N2O/c1-11-8-12(2)10-15(9-11)17(20)7-6-16-13(3)18-19(5)14(16)4/h8-10,17,20H,6-7H2,1-5H3. The number of nitrogens with zero attached hydrogens (tertiary/aromatic N) is 2. The van der Waals surface area contributed by atoms with Crippen molar-refractivity contribution >= 4 is 0 Å². The van der Waals surface area contributed by atoms with Gasteiger partial charge < -0.3 is 5.11 Å². The van der Waals surface area contributed by atoms with E-state index in [0.29, 0.717) is 0 Å². The van der Waals surface area contributed by atoms with Gasteiger partial charge in [-0.15, -0.1) is 0 Å². The molecule has 1 atom stereocenters. The van der Waals surface area contributed by atoms with E-state index in [1.165, 1.54) is 22.4 Å². The third kappa shape index (κ3) is 3.10. The number of aliphatic hydroxyl groups is 1. The molecule has 0 bridgehead atoms. The first-order chi connectivity index (χ1) is 9.38. The fraction of sp³-hybridized carbons (Fsp3) is 0.471. The number of benzene rings is 1. The Hall–Kier alpha value is -1.61. The van der Waals surface area contributed by atoms with Crippen LogP contribution < -0.4 is 0 Å². The molecule has 2 rings (SSSR count). The van der Waals surface area contributed by atoms with Crippen LogP contribution >= 0.6 is 0 Å². The van der Waals surface area contributed by atoms with Crippen molar-refractivity contribution in [1.82, 2.24) is 9.78 Å². The number of aryl methyl sites for hydroxylation is 4. The summed E-state index contributed by atoms with van der Waals surface area (Å²) in [6, 6.07) is 6.27. The maximum Gasteiger partial charge on any atom is 0.0793 e. The van der Waals surface area contributed by atoms with Crippen molar-refractivity contribution in [3.05, 3.63) is 51.8 Å². The van der Waals surface area contributed by atoms with E-state index in [-0.39, 0.29) is 0 Å². The van der Waals surface area contributed by atoms with Crippen molar-refractivity contribution in [2.45, 2.75) is 46.6 Å². The van der Waals surface area contributed by atoms with Crippen molar-refractivity contribution in [1.29, 1.82) is 0 Å². The maximum absolute atomic E-state index is 10.4. The van der Waals surface area contributed by atoms with Gasteiger partial charge >= 0.3 is 0 Å². The molecule has 20 heavy (non-hydrogen) atoms. The van der Waals surface area contributed by atoms with Gasteiger partial charge in [-0.05, 0) is 51.7 Å². The number of aromatic nitrogens is 2. The molecule has 0 aliphatic heterocycles. The highest BCUT2D eigenvalue weighted by Crippen LogP contribution is 2.23. The Balaban J connectivity index is 2.10. The number of aliphatic hydroxyl groups excluding tert-OH is 1. The van der Waals surface area contributed by atoms with Crippen LogP contribution in [-0.4, -0.2) is 14.9 Å². The fourth-order valence-electron chi connectivity index (χ4n) is 2.83.